The van der Waals surface area contributed by atoms with E-state index in [4.69, 9.17) is 14.2 Å². The predicted octanol–water partition coefficient (Wildman–Crippen LogP) is 3.22. The molecule has 180 valence electrons. The average Bonchev–Trinajstić information content (AvgIpc) is 3.31. The summed E-state index contributed by atoms with van der Waals surface area (Å²) in [6, 6.07) is 12.4. The first kappa shape index (κ1) is 23.6. The first-order valence-electron chi connectivity index (χ1n) is 11.8. The van der Waals surface area contributed by atoms with Crippen LogP contribution in [0.2, 0.25) is 0 Å². The third-order valence-electron chi connectivity index (χ3n) is 6.05. The number of hydrogen-bond donors (Lipinski definition) is 0. The lowest BCUT2D eigenvalue weighted by atomic mass is 10.1. The van der Waals surface area contributed by atoms with Gasteiger partial charge in [0.1, 0.15) is 0 Å². The fraction of sp³-hybridized carbons (Fsp3) is 0.423. The van der Waals surface area contributed by atoms with Gasteiger partial charge in [-0.2, -0.15) is 0 Å². The molecule has 34 heavy (non-hydrogen) atoms. The number of likely N-dealkylation sites (tertiary alicyclic amines) is 1. The maximum Gasteiger partial charge on any atom is 0.338 e. The first-order chi connectivity index (χ1) is 16.6. The summed E-state index contributed by atoms with van der Waals surface area (Å²) in [6.07, 6.45) is 3.96. The lowest BCUT2D eigenvalue weighted by Crippen LogP contribution is -2.38. The summed E-state index contributed by atoms with van der Waals surface area (Å²) in [4.78, 5) is 41.1. The molecule has 0 bridgehead atoms. The molecule has 0 atom stereocenters. The van der Waals surface area contributed by atoms with Gasteiger partial charge in [0.25, 0.3) is 11.8 Å². The van der Waals surface area contributed by atoms with Gasteiger partial charge in [-0.15, -0.1) is 0 Å². The summed E-state index contributed by atoms with van der Waals surface area (Å²) in [7, 11) is 0. The minimum Gasteiger partial charge on any atom is -0.490 e. The summed E-state index contributed by atoms with van der Waals surface area (Å²) in [5.74, 6) is -0.221. The smallest absolute Gasteiger partial charge is 0.338 e. The molecule has 2 aliphatic heterocycles. The van der Waals surface area contributed by atoms with Gasteiger partial charge < -0.3 is 24.0 Å². The molecule has 0 aromatic heterocycles. The van der Waals surface area contributed by atoms with Gasteiger partial charge in [0.15, 0.2) is 24.7 Å². The highest BCUT2D eigenvalue weighted by molar-refractivity contribution is 5.98. The summed E-state index contributed by atoms with van der Waals surface area (Å²) in [5.41, 5.74) is 2.22. The third kappa shape index (κ3) is 5.50. The third-order valence-corrected chi connectivity index (χ3v) is 6.05. The Bertz CT molecular complexity index is 1050. The molecule has 2 amide bonds. The first-order valence-corrected chi connectivity index (χ1v) is 11.8. The molecule has 2 aromatic carbocycles. The molecule has 2 heterocycles. The van der Waals surface area contributed by atoms with E-state index in [1.165, 1.54) is 6.07 Å². The number of hydrogen-bond acceptors (Lipinski definition) is 6. The quantitative estimate of drug-likeness (QED) is 0.556. The van der Waals surface area contributed by atoms with Gasteiger partial charge in [0.05, 0.1) is 12.2 Å². The van der Waals surface area contributed by atoms with E-state index in [2.05, 4.69) is 0 Å². The van der Waals surface area contributed by atoms with Crippen LogP contribution < -0.4 is 14.4 Å². The molecular weight excluding hydrogens is 436 g/mol. The number of fused-ring (bicyclic) bond motifs is 1. The molecule has 1 saturated heterocycles. The molecule has 0 unspecified atom stereocenters. The Kier molecular flexibility index (Phi) is 7.67. The number of carbonyl (C=O) groups excluding carboxylic acids is 3. The van der Waals surface area contributed by atoms with Crippen LogP contribution in [-0.4, -0.2) is 62.1 Å². The van der Waals surface area contributed by atoms with E-state index in [9.17, 15) is 14.4 Å². The van der Waals surface area contributed by atoms with Crippen molar-refractivity contribution >= 4 is 23.5 Å². The number of amides is 2. The monoisotopic (exact) mass is 466 g/mol. The summed E-state index contributed by atoms with van der Waals surface area (Å²) in [5, 5.41) is 0. The van der Waals surface area contributed by atoms with Crippen molar-refractivity contribution in [3.8, 4) is 11.5 Å². The van der Waals surface area contributed by atoms with Crippen LogP contribution in [0.15, 0.2) is 42.5 Å². The molecule has 2 aromatic rings. The number of piperidine rings is 1. The molecule has 0 spiro atoms. The Morgan fingerprint density at radius 3 is 2.44 bits per heavy atom. The van der Waals surface area contributed by atoms with Crippen LogP contribution in [0, 0.1) is 0 Å². The molecular formula is C26H30N2O6. The van der Waals surface area contributed by atoms with Crippen LogP contribution >= 0.6 is 0 Å². The zero-order valence-electron chi connectivity index (χ0n) is 19.5. The average molecular weight is 467 g/mol. The number of benzene rings is 2. The van der Waals surface area contributed by atoms with E-state index >= 15 is 0 Å². The second kappa shape index (κ2) is 11.0. The fourth-order valence-corrected chi connectivity index (χ4v) is 4.28. The summed E-state index contributed by atoms with van der Waals surface area (Å²) >= 11 is 0. The lowest BCUT2D eigenvalue weighted by Gasteiger charge is -2.26. The van der Waals surface area contributed by atoms with Gasteiger partial charge >= 0.3 is 5.97 Å². The van der Waals surface area contributed by atoms with E-state index in [1.807, 2.05) is 36.1 Å². The number of esters is 1. The van der Waals surface area contributed by atoms with Gasteiger partial charge in [-0.25, -0.2) is 4.79 Å². The van der Waals surface area contributed by atoms with Crippen molar-refractivity contribution in [3.05, 3.63) is 53.6 Å². The van der Waals surface area contributed by atoms with E-state index in [-0.39, 0.29) is 30.6 Å². The van der Waals surface area contributed by atoms with Gasteiger partial charge in [-0.05, 0) is 62.4 Å². The standard InChI is InChI=1S/C26H30N2O6/c1-2-32-23-16-20(10-11-22(23)33-17-24(29)27-13-6-3-7-14-27)26(31)34-18-25(30)28-15-12-19-8-4-5-9-21(19)28/h4-5,8-11,16H,2-3,6-7,12-15,17-18H2,1H3. The van der Waals surface area contributed by atoms with Gasteiger partial charge in [0, 0.05) is 25.3 Å². The molecule has 1 fully saturated rings. The number of anilines is 1. The molecule has 8 nitrogen and oxygen atoms in total. The maximum atomic E-state index is 12.6. The topological polar surface area (TPSA) is 85.4 Å². The van der Waals surface area contributed by atoms with E-state index in [0.717, 1.165) is 50.0 Å². The van der Waals surface area contributed by atoms with E-state index in [1.54, 1.807) is 17.0 Å². The predicted molar refractivity (Wildman–Crippen MR) is 126 cm³/mol. The van der Waals surface area contributed by atoms with Gasteiger partial charge in [-0.3, -0.25) is 9.59 Å². The highest BCUT2D eigenvalue weighted by Gasteiger charge is 2.25. The second-order valence-corrected chi connectivity index (χ2v) is 8.32. The zero-order chi connectivity index (χ0) is 23.9. The molecule has 2 aliphatic rings. The van der Waals surface area contributed by atoms with Crippen LogP contribution in [0.1, 0.15) is 42.1 Å². The molecule has 0 N–H and O–H groups in total. The van der Waals surface area contributed by atoms with Crippen molar-refractivity contribution in [3.63, 3.8) is 0 Å². The van der Waals surface area contributed by atoms with E-state index < -0.39 is 5.97 Å². The van der Waals surface area contributed by atoms with Crippen molar-refractivity contribution < 1.29 is 28.6 Å². The minimum absolute atomic E-state index is 0.0624. The van der Waals surface area contributed by atoms with Crippen molar-refractivity contribution in [1.29, 1.82) is 0 Å². The van der Waals surface area contributed by atoms with Gasteiger partial charge in [0.2, 0.25) is 0 Å². The van der Waals surface area contributed by atoms with Crippen molar-refractivity contribution in [2.24, 2.45) is 0 Å². The summed E-state index contributed by atoms with van der Waals surface area (Å²) < 4.78 is 16.6. The van der Waals surface area contributed by atoms with Crippen molar-refractivity contribution in [2.45, 2.75) is 32.6 Å². The van der Waals surface area contributed by atoms with Crippen LogP contribution in [-0.2, 0) is 20.7 Å². The molecule has 0 radical (unpaired) electrons. The Balaban J connectivity index is 1.35. The summed E-state index contributed by atoms with van der Waals surface area (Å²) in [6.45, 7) is 3.84. The number of carbonyl (C=O) groups is 3. The molecule has 4 rings (SSSR count). The largest absolute Gasteiger partial charge is 0.490 e. The Morgan fingerprint density at radius 2 is 1.65 bits per heavy atom. The highest BCUT2D eigenvalue weighted by Crippen LogP contribution is 2.30. The molecule has 0 saturated carbocycles. The lowest BCUT2D eigenvalue weighted by molar-refractivity contribution is -0.134. The van der Waals surface area contributed by atoms with Crippen molar-refractivity contribution in [2.75, 3.05) is 44.4 Å². The molecule has 8 heteroatoms. The fourth-order valence-electron chi connectivity index (χ4n) is 4.28. The Hall–Kier alpha value is -3.55. The number of nitrogens with zero attached hydrogens (tertiary/aromatic N) is 2. The Labute approximate surface area is 199 Å². The number of rotatable bonds is 8. The number of ether oxygens (including phenoxy) is 3. The van der Waals surface area contributed by atoms with Crippen molar-refractivity contribution in [1.82, 2.24) is 4.90 Å². The normalized spacial score (nSPS) is 15.0. The molecule has 0 aliphatic carbocycles. The van der Waals surface area contributed by atoms with Gasteiger partial charge in [-0.1, -0.05) is 18.2 Å². The van der Waals surface area contributed by atoms with Crippen LogP contribution in [0.3, 0.4) is 0 Å². The SMILES string of the molecule is CCOc1cc(C(=O)OCC(=O)N2CCc3ccccc32)ccc1OCC(=O)N1CCCCC1. The van der Waals surface area contributed by atoms with Crippen LogP contribution in [0.25, 0.3) is 0 Å². The van der Waals surface area contributed by atoms with Crippen LogP contribution in [0.5, 0.6) is 11.5 Å². The second-order valence-electron chi connectivity index (χ2n) is 8.32. The highest BCUT2D eigenvalue weighted by atomic mass is 16.5. The van der Waals surface area contributed by atoms with Crippen LogP contribution in [0.4, 0.5) is 5.69 Å². The number of para-hydroxylation sites is 1. The maximum absolute atomic E-state index is 12.6. The zero-order valence-corrected chi connectivity index (χ0v) is 19.5. The Morgan fingerprint density at radius 1 is 0.853 bits per heavy atom. The minimum atomic E-state index is -0.627. The van der Waals surface area contributed by atoms with E-state index in [0.29, 0.717) is 24.7 Å².